The maximum absolute atomic E-state index is 8.90. The number of nitriles is 1. The van der Waals surface area contributed by atoms with Gasteiger partial charge in [0.05, 0.1) is 6.07 Å². The van der Waals surface area contributed by atoms with E-state index in [1.807, 2.05) is 6.07 Å². The quantitative estimate of drug-likeness (QED) is 0.470. The Bertz CT molecular complexity index is 128. The third-order valence-corrected chi connectivity index (χ3v) is 1.98. The van der Waals surface area contributed by atoms with Crippen molar-refractivity contribution >= 4 is 0 Å². The molecule has 0 heterocycles. The van der Waals surface area contributed by atoms with Gasteiger partial charge >= 0.3 is 0 Å². The number of unbranched alkanes of at least 4 members (excludes halogenated alkanes) is 5. The van der Waals surface area contributed by atoms with Crippen molar-refractivity contribution in [3.8, 4) is 6.07 Å². The molecular formula is C10H19NO. The number of aliphatic hydroxyl groups is 1. The number of rotatable bonds is 7. The first-order chi connectivity index (χ1) is 5.81. The summed E-state index contributed by atoms with van der Waals surface area (Å²) in [7, 11) is 0. The van der Waals surface area contributed by atoms with Crippen LogP contribution in [0.3, 0.4) is 0 Å². The second kappa shape index (κ2) is 8.55. The molecule has 2 nitrogen and oxygen atoms in total. The van der Waals surface area contributed by atoms with Gasteiger partial charge in [-0.05, 0) is 12.8 Å². The van der Waals surface area contributed by atoms with Crippen LogP contribution in [0.2, 0.25) is 0 Å². The van der Waals surface area contributed by atoms with Crippen LogP contribution < -0.4 is 0 Å². The van der Waals surface area contributed by atoms with Crippen molar-refractivity contribution in [1.29, 1.82) is 5.26 Å². The normalized spacial score (nSPS) is 12.4. The van der Waals surface area contributed by atoms with E-state index in [4.69, 9.17) is 10.4 Å². The molecule has 1 N–H and O–H groups in total. The molecule has 70 valence electrons. The van der Waals surface area contributed by atoms with E-state index in [2.05, 4.69) is 6.92 Å². The first-order valence-corrected chi connectivity index (χ1v) is 4.89. The molecule has 0 aliphatic heterocycles. The summed E-state index contributed by atoms with van der Waals surface area (Å²) in [6.07, 6.45) is 7.14. The van der Waals surface area contributed by atoms with E-state index in [-0.39, 0.29) is 0 Å². The highest BCUT2D eigenvalue weighted by molar-refractivity contribution is 4.81. The number of nitrogens with zero attached hydrogens (tertiary/aromatic N) is 1. The van der Waals surface area contributed by atoms with E-state index in [9.17, 15) is 0 Å². The predicted octanol–water partition coefficient (Wildman–Crippen LogP) is 2.62. The van der Waals surface area contributed by atoms with Crippen molar-refractivity contribution in [2.45, 2.75) is 58.0 Å². The lowest BCUT2D eigenvalue weighted by Crippen LogP contribution is -2.01. The monoisotopic (exact) mass is 169 g/mol. The van der Waals surface area contributed by atoms with Crippen molar-refractivity contribution in [2.75, 3.05) is 0 Å². The Morgan fingerprint density at radius 2 is 1.75 bits per heavy atom. The molecule has 0 saturated carbocycles. The minimum absolute atomic E-state index is 0.641. The highest BCUT2D eigenvalue weighted by Gasteiger charge is 1.99. The van der Waals surface area contributed by atoms with Gasteiger partial charge in [-0.3, -0.25) is 0 Å². The summed E-state index contributed by atoms with van der Waals surface area (Å²) in [5.41, 5.74) is 0. The van der Waals surface area contributed by atoms with Gasteiger partial charge in [-0.2, -0.15) is 5.26 Å². The zero-order chi connectivity index (χ0) is 9.23. The van der Waals surface area contributed by atoms with Crippen LogP contribution in [0.25, 0.3) is 0 Å². The van der Waals surface area contributed by atoms with Crippen LogP contribution in [0.1, 0.15) is 51.9 Å². The molecule has 1 atom stereocenters. The molecule has 0 bridgehead atoms. The molecule has 2 heteroatoms. The van der Waals surface area contributed by atoms with Gasteiger partial charge in [-0.15, -0.1) is 0 Å². The van der Waals surface area contributed by atoms with Crippen molar-refractivity contribution in [3.05, 3.63) is 0 Å². The summed E-state index contributed by atoms with van der Waals surface area (Å²) in [5.74, 6) is 0. The lowest BCUT2D eigenvalue weighted by Gasteiger charge is -2.01. The maximum Gasteiger partial charge on any atom is 0.140 e. The first-order valence-electron chi connectivity index (χ1n) is 4.89. The summed E-state index contributed by atoms with van der Waals surface area (Å²) in [4.78, 5) is 0. The minimum atomic E-state index is -0.740. The molecular weight excluding hydrogens is 150 g/mol. The Morgan fingerprint density at radius 1 is 1.17 bits per heavy atom. The van der Waals surface area contributed by atoms with Crippen molar-refractivity contribution in [2.24, 2.45) is 0 Å². The third kappa shape index (κ3) is 7.56. The highest BCUT2D eigenvalue weighted by atomic mass is 16.3. The SMILES string of the molecule is CCCCCCCCC(O)C#N. The minimum Gasteiger partial charge on any atom is -0.378 e. The lowest BCUT2D eigenvalue weighted by atomic mass is 10.1. The van der Waals surface area contributed by atoms with E-state index >= 15 is 0 Å². The molecule has 0 amide bonds. The standard InChI is InChI=1S/C10H19NO/c1-2-3-4-5-6-7-8-10(12)9-11/h10,12H,2-8H2,1H3. The Kier molecular flexibility index (Phi) is 8.15. The Morgan fingerprint density at radius 3 is 2.33 bits per heavy atom. The van der Waals surface area contributed by atoms with Crippen LogP contribution in [0.4, 0.5) is 0 Å². The summed E-state index contributed by atoms with van der Waals surface area (Å²) in [6.45, 7) is 2.19. The molecule has 0 radical (unpaired) electrons. The van der Waals surface area contributed by atoms with Gasteiger partial charge in [0.1, 0.15) is 6.10 Å². The van der Waals surface area contributed by atoms with Gasteiger partial charge in [0.2, 0.25) is 0 Å². The van der Waals surface area contributed by atoms with Crippen LogP contribution in [0.5, 0.6) is 0 Å². The van der Waals surface area contributed by atoms with Crippen LogP contribution in [0.15, 0.2) is 0 Å². The fraction of sp³-hybridized carbons (Fsp3) is 0.900. The average molecular weight is 169 g/mol. The van der Waals surface area contributed by atoms with E-state index in [1.54, 1.807) is 0 Å². The van der Waals surface area contributed by atoms with Crippen LogP contribution >= 0.6 is 0 Å². The largest absolute Gasteiger partial charge is 0.378 e. The fourth-order valence-corrected chi connectivity index (χ4v) is 1.18. The van der Waals surface area contributed by atoms with Crippen LogP contribution in [0, 0.1) is 11.3 Å². The highest BCUT2D eigenvalue weighted by Crippen LogP contribution is 2.07. The van der Waals surface area contributed by atoms with Gasteiger partial charge in [-0.1, -0.05) is 39.0 Å². The zero-order valence-corrected chi connectivity index (χ0v) is 7.92. The van der Waals surface area contributed by atoms with Crippen molar-refractivity contribution in [3.63, 3.8) is 0 Å². The Hall–Kier alpha value is -0.550. The molecule has 0 aliphatic rings. The van der Waals surface area contributed by atoms with Gasteiger partial charge in [0, 0.05) is 0 Å². The maximum atomic E-state index is 8.90. The molecule has 0 rings (SSSR count). The third-order valence-electron chi connectivity index (χ3n) is 1.98. The zero-order valence-electron chi connectivity index (χ0n) is 7.92. The van der Waals surface area contributed by atoms with E-state index in [0.717, 1.165) is 12.8 Å². The topological polar surface area (TPSA) is 44.0 Å². The Labute approximate surface area is 75.2 Å². The smallest absolute Gasteiger partial charge is 0.140 e. The van der Waals surface area contributed by atoms with Gasteiger partial charge in [0.25, 0.3) is 0 Å². The van der Waals surface area contributed by atoms with Crippen molar-refractivity contribution in [1.82, 2.24) is 0 Å². The summed E-state index contributed by atoms with van der Waals surface area (Å²) in [5, 5.41) is 17.2. The second-order valence-electron chi connectivity index (χ2n) is 3.20. The molecule has 0 saturated heterocycles. The lowest BCUT2D eigenvalue weighted by molar-refractivity contribution is 0.215. The number of aliphatic hydroxyl groups excluding tert-OH is 1. The molecule has 0 fully saturated rings. The molecule has 0 aliphatic carbocycles. The van der Waals surface area contributed by atoms with Gasteiger partial charge in [-0.25, -0.2) is 0 Å². The van der Waals surface area contributed by atoms with Crippen molar-refractivity contribution < 1.29 is 5.11 Å². The van der Waals surface area contributed by atoms with Gasteiger partial charge in [0.15, 0.2) is 0 Å². The van der Waals surface area contributed by atoms with Gasteiger partial charge < -0.3 is 5.11 Å². The molecule has 0 aromatic carbocycles. The molecule has 12 heavy (non-hydrogen) atoms. The fourth-order valence-electron chi connectivity index (χ4n) is 1.18. The predicted molar refractivity (Wildman–Crippen MR) is 49.6 cm³/mol. The summed E-state index contributed by atoms with van der Waals surface area (Å²) < 4.78 is 0. The van der Waals surface area contributed by atoms with E-state index in [0.29, 0.717) is 6.42 Å². The molecule has 1 unspecified atom stereocenters. The van der Waals surface area contributed by atoms with E-state index < -0.39 is 6.10 Å². The van der Waals surface area contributed by atoms with Crippen LogP contribution in [-0.2, 0) is 0 Å². The summed E-state index contributed by atoms with van der Waals surface area (Å²) >= 11 is 0. The first kappa shape index (κ1) is 11.4. The van der Waals surface area contributed by atoms with Crippen LogP contribution in [-0.4, -0.2) is 11.2 Å². The average Bonchev–Trinajstić information content (AvgIpc) is 2.10. The Balaban J connectivity index is 2.96. The second-order valence-corrected chi connectivity index (χ2v) is 3.20. The molecule has 0 aromatic rings. The molecule has 0 aromatic heterocycles. The number of hydrogen-bond donors (Lipinski definition) is 1. The number of hydrogen-bond acceptors (Lipinski definition) is 2. The summed E-state index contributed by atoms with van der Waals surface area (Å²) in [6, 6.07) is 1.82. The van der Waals surface area contributed by atoms with E-state index in [1.165, 1.54) is 25.7 Å². The molecule has 0 spiro atoms.